The molecule has 9 nitrogen and oxygen atoms in total. The van der Waals surface area contributed by atoms with E-state index in [1.807, 2.05) is 6.07 Å². The highest BCUT2D eigenvalue weighted by Gasteiger charge is 2.31. The third kappa shape index (κ3) is 2.77. The second kappa shape index (κ2) is 6.27. The third-order valence-electron chi connectivity index (χ3n) is 3.63. The van der Waals surface area contributed by atoms with Crippen LogP contribution in [0.25, 0.3) is 11.7 Å². The maximum atomic E-state index is 12.7. The predicted molar refractivity (Wildman–Crippen MR) is 82.8 cm³/mol. The topological polar surface area (TPSA) is 122 Å². The largest absolute Gasteiger partial charge is 0.455 e. The van der Waals surface area contributed by atoms with E-state index in [1.165, 1.54) is 10.4 Å². The van der Waals surface area contributed by atoms with Crippen molar-refractivity contribution in [2.24, 2.45) is 0 Å². The summed E-state index contributed by atoms with van der Waals surface area (Å²) >= 11 is 0. The van der Waals surface area contributed by atoms with Gasteiger partial charge in [0.05, 0.1) is 13.2 Å². The molecule has 1 fully saturated rings. The molecule has 2 aromatic heterocycles. The Balaban J connectivity index is 1.99. The van der Waals surface area contributed by atoms with Gasteiger partial charge in [-0.25, -0.2) is 8.42 Å². The molecule has 0 radical (unpaired) electrons. The van der Waals surface area contributed by atoms with Gasteiger partial charge in [-0.15, -0.1) is 0 Å². The van der Waals surface area contributed by atoms with Crippen LogP contribution in [0.2, 0.25) is 0 Å². The second-order valence-corrected chi connectivity index (χ2v) is 7.01. The number of nitrogens with one attached hydrogen (secondary N) is 1. The lowest BCUT2D eigenvalue weighted by Crippen LogP contribution is -2.40. The summed E-state index contributed by atoms with van der Waals surface area (Å²) in [5, 5.41) is 11.7. The fraction of sp³-hybridized carbons (Fsp3) is 0.429. The van der Waals surface area contributed by atoms with Gasteiger partial charge in [0, 0.05) is 26.2 Å². The number of ether oxygens (including phenoxy) is 1. The molecule has 0 aromatic carbocycles. The van der Waals surface area contributed by atoms with E-state index in [9.17, 15) is 8.42 Å². The Morgan fingerprint density at radius 3 is 2.62 bits per heavy atom. The van der Waals surface area contributed by atoms with E-state index in [4.69, 9.17) is 18.8 Å². The van der Waals surface area contributed by atoms with Crippen LogP contribution in [0, 0.1) is 18.3 Å². The number of nitriles is 1. The lowest BCUT2D eigenvalue weighted by molar-refractivity contribution is 0.0730. The summed E-state index contributed by atoms with van der Waals surface area (Å²) in [7, 11) is -2.09. The summed E-state index contributed by atoms with van der Waals surface area (Å²) in [6.45, 7) is 2.87. The van der Waals surface area contributed by atoms with Crippen LogP contribution in [0.1, 0.15) is 11.5 Å². The molecule has 10 heteroatoms. The average molecular weight is 352 g/mol. The number of oxazole rings is 1. The van der Waals surface area contributed by atoms with Crippen molar-refractivity contribution >= 4 is 15.9 Å². The van der Waals surface area contributed by atoms with Gasteiger partial charge in [0.15, 0.2) is 5.76 Å². The summed E-state index contributed by atoms with van der Waals surface area (Å²) in [6.07, 6.45) is 0. The van der Waals surface area contributed by atoms with E-state index in [0.717, 1.165) is 0 Å². The molecule has 1 N–H and O–H groups in total. The Kier molecular flexibility index (Phi) is 4.31. The molecular formula is C14H16N4O5S. The molecule has 0 unspecified atom stereocenters. The number of morpholine rings is 1. The fourth-order valence-electron chi connectivity index (χ4n) is 2.42. The summed E-state index contributed by atoms with van der Waals surface area (Å²) < 4.78 is 42.9. The van der Waals surface area contributed by atoms with Crippen LogP contribution in [0.15, 0.2) is 19.8 Å². The normalized spacial score (nSPS) is 16.0. The monoisotopic (exact) mass is 352 g/mol. The van der Waals surface area contributed by atoms with Crippen molar-refractivity contribution < 1.29 is 22.0 Å². The van der Waals surface area contributed by atoms with E-state index in [-0.39, 0.29) is 33.9 Å². The minimum atomic E-state index is -3.68. The van der Waals surface area contributed by atoms with Crippen LogP contribution in [-0.4, -0.2) is 51.1 Å². The van der Waals surface area contributed by atoms with Crippen LogP contribution in [-0.2, 0) is 14.8 Å². The van der Waals surface area contributed by atoms with Crippen molar-refractivity contribution in [3.8, 4) is 17.7 Å². The zero-order valence-electron chi connectivity index (χ0n) is 13.2. The van der Waals surface area contributed by atoms with Crippen molar-refractivity contribution in [1.29, 1.82) is 5.26 Å². The molecule has 1 aliphatic heterocycles. The zero-order valence-corrected chi connectivity index (χ0v) is 14.0. The number of aryl methyl sites for hydroxylation is 1. The highest BCUT2D eigenvalue weighted by atomic mass is 32.2. The van der Waals surface area contributed by atoms with Gasteiger partial charge in [0.1, 0.15) is 16.7 Å². The number of aromatic nitrogens is 1. The molecule has 0 saturated carbocycles. The minimum absolute atomic E-state index is 0.0439. The summed E-state index contributed by atoms with van der Waals surface area (Å²) in [5.74, 6) is 0.623. The molecule has 24 heavy (non-hydrogen) atoms. The number of hydrogen-bond acceptors (Lipinski definition) is 8. The lowest BCUT2D eigenvalue weighted by Gasteiger charge is -2.25. The predicted octanol–water partition coefficient (Wildman–Crippen LogP) is 1.18. The van der Waals surface area contributed by atoms with Crippen molar-refractivity contribution in [3.63, 3.8) is 0 Å². The van der Waals surface area contributed by atoms with Crippen LogP contribution in [0.4, 0.5) is 5.88 Å². The average Bonchev–Trinajstić information content (AvgIpc) is 3.19. The standard InChI is InChI=1S/C14H16N4O5S/c1-9-12(24(19,20)18-3-5-21-6-4-18)7-11(22-9)14-17-10(8-15)13(16-2)23-14/h7,16H,3-6H2,1-2H3. The van der Waals surface area contributed by atoms with Gasteiger partial charge >= 0.3 is 0 Å². The number of hydrogen-bond donors (Lipinski definition) is 1. The molecule has 0 spiro atoms. The molecule has 0 aliphatic carbocycles. The second-order valence-electron chi connectivity index (χ2n) is 5.11. The van der Waals surface area contributed by atoms with E-state index in [1.54, 1.807) is 14.0 Å². The van der Waals surface area contributed by atoms with Gasteiger partial charge < -0.3 is 18.9 Å². The number of rotatable bonds is 4. The Morgan fingerprint density at radius 2 is 2.04 bits per heavy atom. The molecule has 2 aromatic rings. The van der Waals surface area contributed by atoms with Gasteiger partial charge in [-0.05, 0) is 6.92 Å². The van der Waals surface area contributed by atoms with E-state index in [2.05, 4.69) is 10.3 Å². The first-order valence-electron chi connectivity index (χ1n) is 7.24. The summed E-state index contributed by atoms with van der Waals surface area (Å²) in [4.78, 5) is 4.06. The summed E-state index contributed by atoms with van der Waals surface area (Å²) in [6, 6.07) is 3.26. The first-order valence-corrected chi connectivity index (χ1v) is 8.68. The fourth-order valence-corrected chi connectivity index (χ4v) is 3.99. The van der Waals surface area contributed by atoms with E-state index in [0.29, 0.717) is 26.3 Å². The summed E-state index contributed by atoms with van der Waals surface area (Å²) in [5.41, 5.74) is 0.0686. The van der Waals surface area contributed by atoms with Crippen molar-refractivity contribution in [2.75, 3.05) is 38.7 Å². The third-order valence-corrected chi connectivity index (χ3v) is 5.64. The quantitative estimate of drug-likeness (QED) is 0.870. The molecule has 128 valence electrons. The number of anilines is 1. The highest BCUT2D eigenvalue weighted by Crippen LogP contribution is 2.32. The van der Waals surface area contributed by atoms with Gasteiger partial charge in [-0.3, -0.25) is 0 Å². The molecule has 0 amide bonds. The number of nitrogens with zero attached hydrogens (tertiary/aromatic N) is 3. The SMILES string of the molecule is CNc1oc(-c2cc(S(=O)(=O)N3CCOCC3)c(C)o2)nc1C#N. The molecule has 1 saturated heterocycles. The highest BCUT2D eigenvalue weighted by molar-refractivity contribution is 7.89. The minimum Gasteiger partial charge on any atom is -0.455 e. The van der Waals surface area contributed by atoms with Crippen LogP contribution >= 0.6 is 0 Å². The van der Waals surface area contributed by atoms with Crippen LogP contribution in [0.5, 0.6) is 0 Å². The number of furan rings is 1. The van der Waals surface area contributed by atoms with Crippen molar-refractivity contribution in [1.82, 2.24) is 9.29 Å². The maximum absolute atomic E-state index is 12.7. The van der Waals surface area contributed by atoms with Gasteiger partial charge in [-0.1, -0.05) is 0 Å². The van der Waals surface area contributed by atoms with E-state index < -0.39 is 10.0 Å². The number of sulfonamides is 1. The molecular weight excluding hydrogens is 336 g/mol. The molecule has 3 rings (SSSR count). The van der Waals surface area contributed by atoms with E-state index >= 15 is 0 Å². The van der Waals surface area contributed by atoms with Gasteiger partial charge in [-0.2, -0.15) is 14.6 Å². The van der Waals surface area contributed by atoms with Crippen molar-refractivity contribution in [2.45, 2.75) is 11.8 Å². The Labute approximate surface area is 138 Å². The lowest BCUT2D eigenvalue weighted by atomic mass is 10.4. The molecule has 3 heterocycles. The smallest absolute Gasteiger partial charge is 0.266 e. The van der Waals surface area contributed by atoms with Gasteiger partial charge in [0.2, 0.25) is 21.6 Å². The molecule has 0 bridgehead atoms. The zero-order chi connectivity index (χ0) is 17.3. The Morgan fingerprint density at radius 1 is 1.33 bits per heavy atom. The Bertz CT molecular complexity index is 887. The molecule has 1 aliphatic rings. The first-order chi connectivity index (χ1) is 11.5. The van der Waals surface area contributed by atoms with Crippen LogP contribution in [0.3, 0.4) is 0 Å². The molecule has 0 atom stereocenters. The maximum Gasteiger partial charge on any atom is 0.266 e. The Hall–Kier alpha value is -2.35. The first kappa shape index (κ1) is 16.5. The van der Waals surface area contributed by atoms with Crippen LogP contribution < -0.4 is 5.32 Å². The van der Waals surface area contributed by atoms with Gasteiger partial charge in [0.25, 0.3) is 5.89 Å². The van der Waals surface area contributed by atoms with Crippen molar-refractivity contribution in [3.05, 3.63) is 17.5 Å².